The zero-order valence-corrected chi connectivity index (χ0v) is 14.8. The lowest BCUT2D eigenvalue weighted by atomic mass is 9.76. The quantitative estimate of drug-likeness (QED) is 0.839. The number of benzene rings is 1. The molecule has 2 N–H and O–H groups in total. The van der Waals surface area contributed by atoms with E-state index in [0.29, 0.717) is 5.69 Å². The summed E-state index contributed by atoms with van der Waals surface area (Å²) < 4.78 is 5.31. The Kier molecular flexibility index (Phi) is 5.38. The standard InChI is InChI=1S/C18H24N2O3S/c1-23-16-5-2-4-14(8-16)9-18(13-22)6-3-7-20(12-18)17-19-15(10-21)11-24-17/h2,4-5,8,11,21-22H,3,6-7,9-10,12-13H2,1H3. The Morgan fingerprint density at radius 3 is 2.96 bits per heavy atom. The summed E-state index contributed by atoms with van der Waals surface area (Å²) in [7, 11) is 1.67. The number of hydrogen-bond acceptors (Lipinski definition) is 6. The highest BCUT2D eigenvalue weighted by molar-refractivity contribution is 7.13. The highest BCUT2D eigenvalue weighted by Gasteiger charge is 2.36. The number of piperidine rings is 1. The van der Waals surface area contributed by atoms with E-state index in [2.05, 4.69) is 16.0 Å². The number of aliphatic hydroxyl groups excluding tert-OH is 2. The third-order valence-electron chi connectivity index (χ3n) is 4.68. The molecular weight excluding hydrogens is 324 g/mol. The maximum atomic E-state index is 10.1. The summed E-state index contributed by atoms with van der Waals surface area (Å²) in [6, 6.07) is 8.07. The lowest BCUT2D eigenvalue weighted by molar-refractivity contribution is 0.105. The molecule has 0 spiro atoms. The Bertz CT molecular complexity index is 676. The van der Waals surface area contributed by atoms with Gasteiger partial charge in [0.05, 0.1) is 26.0 Å². The van der Waals surface area contributed by atoms with Gasteiger partial charge in [-0.25, -0.2) is 4.98 Å². The second-order valence-electron chi connectivity index (χ2n) is 6.49. The Morgan fingerprint density at radius 1 is 1.38 bits per heavy atom. The van der Waals surface area contributed by atoms with Crippen molar-refractivity contribution >= 4 is 16.5 Å². The molecule has 1 saturated heterocycles. The molecule has 5 nitrogen and oxygen atoms in total. The van der Waals surface area contributed by atoms with Crippen LogP contribution in [0.25, 0.3) is 0 Å². The largest absolute Gasteiger partial charge is 0.497 e. The molecule has 6 heteroatoms. The number of rotatable bonds is 6. The van der Waals surface area contributed by atoms with Gasteiger partial charge in [0.25, 0.3) is 0 Å². The maximum absolute atomic E-state index is 10.1. The van der Waals surface area contributed by atoms with E-state index in [1.54, 1.807) is 18.4 Å². The predicted octanol–water partition coefficient (Wildman–Crippen LogP) is 2.47. The van der Waals surface area contributed by atoms with Crippen LogP contribution in [0.5, 0.6) is 5.75 Å². The summed E-state index contributed by atoms with van der Waals surface area (Å²) in [6.07, 6.45) is 2.84. The fourth-order valence-corrected chi connectivity index (χ4v) is 4.27. The van der Waals surface area contributed by atoms with Gasteiger partial charge >= 0.3 is 0 Å². The molecule has 24 heavy (non-hydrogen) atoms. The number of thiazole rings is 1. The van der Waals surface area contributed by atoms with Crippen LogP contribution in [0.1, 0.15) is 24.1 Å². The summed E-state index contributed by atoms with van der Waals surface area (Å²) >= 11 is 1.56. The Hall–Kier alpha value is -1.63. The van der Waals surface area contributed by atoms with E-state index in [1.165, 1.54) is 5.56 Å². The van der Waals surface area contributed by atoms with Crippen LogP contribution in [0.2, 0.25) is 0 Å². The monoisotopic (exact) mass is 348 g/mol. The van der Waals surface area contributed by atoms with Gasteiger partial charge in [-0.3, -0.25) is 0 Å². The van der Waals surface area contributed by atoms with Crippen molar-refractivity contribution in [1.82, 2.24) is 4.98 Å². The molecule has 2 aromatic rings. The van der Waals surface area contributed by atoms with Gasteiger partial charge in [-0.05, 0) is 37.0 Å². The van der Waals surface area contributed by atoms with Gasteiger partial charge in [-0.15, -0.1) is 11.3 Å². The van der Waals surface area contributed by atoms with Gasteiger partial charge in [0.2, 0.25) is 0 Å². The Labute approximate surface area is 146 Å². The molecule has 1 fully saturated rings. The SMILES string of the molecule is COc1cccc(CC2(CO)CCCN(c3nc(CO)cs3)C2)c1. The zero-order chi connectivity index (χ0) is 17.0. The summed E-state index contributed by atoms with van der Waals surface area (Å²) in [4.78, 5) is 6.72. The minimum absolute atomic E-state index is 0.0285. The van der Waals surface area contributed by atoms with Crippen LogP contribution < -0.4 is 9.64 Å². The number of ether oxygens (including phenoxy) is 1. The van der Waals surface area contributed by atoms with Gasteiger partial charge in [0, 0.05) is 23.9 Å². The first-order valence-electron chi connectivity index (χ1n) is 8.22. The van der Waals surface area contributed by atoms with E-state index in [9.17, 15) is 10.2 Å². The van der Waals surface area contributed by atoms with Crippen molar-refractivity contribution < 1.29 is 14.9 Å². The van der Waals surface area contributed by atoms with Crippen molar-refractivity contribution in [1.29, 1.82) is 0 Å². The maximum Gasteiger partial charge on any atom is 0.185 e. The minimum Gasteiger partial charge on any atom is -0.497 e. The van der Waals surface area contributed by atoms with Gasteiger partial charge in [-0.1, -0.05) is 12.1 Å². The summed E-state index contributed by atoms with van der Waals surface area (Å²) in [6.45, 7) is 1.84. The third kappa shape index (κ3) is 3.71. The molecule has 1 unspecified atom stereocenters. The summed E-state index contributed by atoms with van der Waals surface area (Å²) in [5.74, 6) is 0.848. The highest BCUT2D eigenvalue weighted by Crippen LogP contribution is 2.36. The molecule has 0 amide bonds. The van der Waals surface area contributed by atoms with Crippen molar-refractivity contribution in [3.63, 3.8) is 0 Å². The fraction of sp³-hybridized carbons (Fsp3) is 0.500. The van der Waals surface area contributed by atoms with Crippen LogP contribution in [0.15, 0.2) is 29.6 Å². The fourth-order valence-electron chi connectivity index (χ4n) is 3.43. The lowest BCUT2D eigenvalue weighted by Crippen LogP contribution is -2.46. The minimum atomic E-state index is -0.171. The molecule has 1 aromatic heterocycles. The highest BCUT2D eigenvalue weighted by atomic mass is 32.1. The van der Waals surface area contributed by atoms with Crippen molar-refractivity contribution in [3.8, 4) is 5.75 Å². The van der Waals surface area contributed by atoms with Crippen molar-refractivity contribution in [2.45, 2.75) is 25.9 Å². The summed E-state index contributed by atoms with van der Waals surface area (Å²) in [5.41, 5.74) is 1.72. The van der Waals surface area contributed by atoms with Gasteiger partial charge < -0.3 is 19.8 Å². The van der Waals surface area contributed by atoms with Crippen molar-refractivity contribution in [2.75, 3.05) is 31.7 Å². The van der Waals surface area contributed by atoms with Crippen LogP contribution >= 0.6 is 11.3 Å². The van der Waals surface area contributed by atoms with E-state index in [1.807, 2.05) is 23.6 Å². The molecular formula is C18H24N2O3S. The van der Waals surface area contributed by atoms with Gasteiger partial charge in [0.15, 0.2) is 5.13 Å². The Balaban J connectivity index is 1.77. The first-order valence-corrected chi connectivity index (χ1v) is 9.10. The first-order chi connectivity index (χ1) is 11.7. The molecule has 0 radical (unpaired) electrons. The Morgan fingerprint density at radius 2 is 2.25 bits per heavy atom. The van der Waals surface area contributed by atoms with E-state index in [4.69, 9.17) is 4.74 Å². The number of methoxy groups -OCH3 is 1. The lowest BCUT2D eigenvalue weighted by Gasteiger charge is -2.42. The first kappa shape index (κ1) is 17.2. The molecule has 1 atom stereocenters. The van der Waals surface area contributed by atoms with E-state index in [-0.39, 0.29) is 18.6 Å². The van der Waals surface area contributed by atoms with Crippen LogP contribution in [0, 0.1) is 5.41 Å². The number of hydrogen-bond donors (Lipinski definition) is 2. The van der Waals surface area contributed by atoms with Gasteiger partial charge in [-0.2, -0.15) is 0 Å². The second kappa shape index (κ2) is 7.51. The van der Waals surface area contributed by atoms with E-state index < -0.39 is 0 Å². The predicted molar refractivity (Wildman–Crippen MR) is 95.7 cm³/mol. The molecule has 1 aliphatic rings. The smallest absolute Gasteiger partial charge is 0.185 e. The van der Waals surface area contributed by atoms with Crippen molar-refractivity contribution in [2.24, 2.45) is 5.41 Å². The molecule has 0 aliphatic carbocycles. The summed E-state index contributed by atoms with van der Waals surface area (Å²) in [5, 5.41) is 22.2. The molecule has 130 valence electrons. The van der Waals surface area contributed by atoms with Crippen LogP contribution in [-0.2, 0) is 13.0 Å². The zero-order valence-electron chi connectivity index (χ0n) is 13.9. The molecule has 0 saturated carbocycles. The normalized spacial score (nSPS) is 21.0. The number of aromatic nitrogens is 1. The molecule has 1 aliphatic heterocycles. The molecule has 2 heterocycles. The van der Waals surface area contributed by atoms with E-state index in [0.717, 1.165) is 43.2 Å². The van der Waals surface area contributed by atoms with Crippen LogP contribution in [0.3, 0.4) is 0 Å². The second-order valence-corrected chi connectivity index (χ2v) is 7.33. The average molecular weight is 348 g/mol. The van der Waals surface area contributed by atoms with Crippen LogP contribution in [-0.4, -0.2) is 42.0 Å². The van der Waals surface area contributed by atoms with Crippen molar-refractivity contribution in [3.05, 3.63) is 40.9 Å². The van der Waals surface area contributed by atoms with E-state index >= 15 is 0 Å². The number of anilines is 1. The molecule has 3 rings (SSSR count). The van der Waals surface area contributed by atoms with Crippen LogP contribution in [0.4, 0.5) is 5.13 Å². The number of nitrogens with zero attached hydrogens (tertiary/aromatic N) is 2. The topological polar surface area (TPSA) is 65.8 Å². The number of aliphatic hydroxyl groups is 2. The molecule has 1 aromatic carbocycles. The third-order valence-corrected chi connectivity index (χ3v) is 5.63. The average Bonchev–Trinajstić information content (AvgIpc) is 3.11. The van der Waals surface area contributed by atoms with Gasteiger partial charge in [0.1, 0.15) is 5.75 Å². The molecule has 0 bridgehead atoms.